The van der Waals surface area contributed by atoms with Crippen molar-refractivity contribution in [3.63, 3.8) is 0 Å². The molecule has 4 rings (SSSR count). The number of sulfonamides is 1. The molecule has 2 aromatic heterocycles. The summed E-state index contributed by atoms with van der Waals surface area (Å²) in [5.74, 6) is -0.461. The fraction of sp³-hybridized carbons (Fsp3) is 0.278. The van der Waals surface area contributed by atoms with E-state index < -0.39 is 22.0 Å². The lowest BCUT2D eigenvalue weighted by molar-refractivity contribution is -0.122. The Kier molecular flexibility index (Phi) is 4.31. The number of nitrogens with one attached hydrogen (secondary N) is 2. The first-order valence-corrected chi connectivity index (χ1v) is 10.1. The lowest BCUT2D eigenvalue weighted by Crippen LogP contribution is -2.56. The number of benzene rings is 1. The molecule has 146 valence electrons. The molecular formula is C18H19N5O4S. The Labute approximate surface area is 161 Å². The fourth-order valence-electron chi connectivity index (χ4n) is 3.26. The molecule has 1 fully saturated rings. The zero-order valence-electron chi connectivity index (χ0n) is 15.3. The van der Waals surface area contributed by atoms with Crippen LogP contribution < -0.4 is 10.9 Å². The third-order valence-electron chi connectivity index (χ3n) is 4.89. The first kappa shape index (κ1) is 18.4. The average molecular weight is 401 g/mol. The molecular weight excluding hydrogens is 382 g/mol. The minimum absolute atomic E-state index is 0.103. The summed E-state index contributed by atoms with van der Waals surface area (Å²) in [4.78, 5) is 24.4. The number of hydrogen-bond donors (Lipinski definition) is 2. The van der Waals surface area contributed by atoms with Gasteiger partial charge in [-0.25, -0.2) is 8.42 Å². The van der Waals surface area contributed by atoms with Gasteiger partial charge in [0.05, 0.1) is 11.7 Å². The number of pyridine rings is 1. The summed E-state index contributed by atoms with van der Waals surface area (Å²) in [5.41, 5.74) is 1.28. The monoisotopic (exact) mass is 401 g/mol. The van der Waals surface area contributed by atoms with Gasteiger partial charge in [-0.1, -0.05) is 0 Å². The molecule has 0 aliphatic carbocycles. The van der Waals surface area contributed by atoms with Crippen LogP contribution in [-0.2, 0) is 21.9 Å². The smallest absolute Gasteiger partial charge is 0.252 e. The second-order valence-corrected chi connectivity index (χ2v) is 8.73. The normalized spacial score (nSPS) is 17.4. The molecule has 0 radical (unpaired) electrons. The summed E-state index contributed by atoms with van der Waals surface area (Å²) >= 11 is 0. The topological polar surface area (TPSA) is 117 Å². The van der Waals surface area contributed by atoms with Crippen LogP contribution >= 0.6 is 0 Å². The van der Waals surface area contributed by atoms with Gasteiger partial charge < -0.3 is 9.88 Å². The Balaban J connectivity index is 1.62. The minimum Gasteiger partial charge on any atom is -0.324 e. The van der Waals surface area contributed by atoms with Crippen molar-refractivity contribution in [2.24, 2.45) is 7.05 Å². The summed E-state index contributed by atoms with van der Waals surface area (Å²) in [6.07, 6.45) is 3.51. The highest BCUT2D eigenvalue weighted by Gasteiger charge is 2.43. The van der Waals surface area contributed by atoms with Crippen molar-refractivity contribution < 1.29 is 13.2 Å². The SMILES string of the molecule is Cc1cc(S(=O)(=O)N2CC[C@H]2C(=O)Nc2ccn(C)c(=O)c2)c2[nH]ncc2c1. The first-order chi connectivity index (χ1) is 13.3. The third kappa shape index (κ3) is 3.00. The molecule has 3 aromatic rings. The van der Waals surface area contributed by atoms with Gasteiger partial charge in [-0.15, -0.1) is 0 Å². The van der Waals surface area contributed by atoms with Crippen LogP contribution in [0.1, 0.15) is 12.0 Å². The summed E-state index contributed by atoms with van der Waals surface area (Å²) in [6.45, 7) is 2.06. The van der Waals surface area contributed by atoms with Gasteiger partial charge in [-0.05, 0) is 37.1 Å². The fourth-order valence-corrected chi connectivity index (χ4v) is 5.15. The Morgan fingerprint density at radius 1 is 1.32 bits per heavy atom. The summed E-state index contributed by atoms with van der Waals surface area (Å²) in [5, 5.41) is 9.98. The molecule has 3 heterocycles. The summed E-state index contributed by atoms with van der Waals surface area (Å²) < 4.78 is 28.9. The van der Waals surface area contributed by atoms with Crippen LogP contribution in [0.4, 0.5) is 5.69 Å². The highest BCUT2D eigenvalue weighted by Crippen LogP contribution is 2.31. The maximum atomic E-state index is 13.2. The van der Waals surface area contributed by atoms with Crippen molar-refractivity contribution in [3.05, 3.63) is 52.6 Å². The van der Waals surface area contributed by atoms with E-state index in [1.165, 1.54) is 21.1 Å². The number of aromatic nitrogens is 3. The number of nitrogens with zero attached hydrogens (tertiary/aromatic N) is 3. The molecule has 1 aromatic carbocycles. The molecule has 28 heavy (non-hydrogen) atoms. The zero-order valence-corrected chi connectivity index (χ0v) is 16.2. The second kappa shape index (κ2) is 6.57. The van der Waals surface area contributed by atoms with E-state index in [1.54, 1.807) is 25.4 Å². The largest absolute Gasteiger partial charge is 0.324 e. The second-order valence-electron chi connectivity index (χ2n) is 6.87. The third-order valence-corrected chi connectivity index (χ3v) is 6.82. The number of hydrogen-bond acceptors (Lipinski definition) is 5. The molecule has 0 bridgehead atoms. The molecule has 1 amide bonds. The van der Waals surface area contributed by atoms with Gasteiger partial charge >= 0.3 is 0 Å². The number of anilines is 1. The van der Waals surface area contributed by atoms with E-state index in [0.29, 0.717) is 23.0 Å². The minimum atomic E-state index is -3.89. The number of rotatable bonds is 4. The molecule has 1 atom stereocenters. The summed E-state index contributed by atoms with van der Waals surface area (Å²) in [6, 6.07) is 5.47. The lowest BCUT2D eigenvalue weighted by atomic mass is 10.1. The zero-order chi connectivity index (χ0) is 20.1. The van der Waals surface area contributed by atoms with Gasteiger partial charge in [-0.3, -0.25) is 14.7 Å². The van der Waals surface area contributed by atoms with Crippen molar-refractivity contribution >= 4 is 32.5 Å². The van der Waals surface area contributed by atoms with Crippen molar-refractivity contribution in [2.75, 3.05) is 11.9 Å². The molecule has 0 unspecified atom stereocenters. The van der Waals surface area contributed by atoms with Gasteiger partial charge in [0.2, 0.25) is 15.9 Å². The highest BCUT2D eigenvalue weighted by atomic mass is 32.2. The molecule has 9 nitrogen and oxygen atoms in total. The number of carbonyl (C=O) groups excluding carboxylic acids is 1. The molecule has 1 aliphatic rings. The van der Waals surface area contributed by atoms with Crippen LogP contribution in [0.25, 0.3) is 10.9 Å². The van der Waals surface area contributed by atoms with E-state index in [1.807, 2.05) is 13.0 Å². The average Bonchev–Trinajstić information content (AvgIpc) is 3.04. The Morgan fingerprint density at radius 3 is 2.79 bits per heavy atom. The predicted octanol–water partition coefficient (Wildman–Crippen LogP) is 0.972. The van der Waals surface area contributed by atoms with Gasteiger partial charge in [-0.2, -0.15) is 9.40 Å². The van der Waals surface area contributed by atoms with Crippen molar-refractivity contribution in [1.29, 1.82) is 0 Å². The van der Waals surface area contributed by atoms with Crippen molar-refractivity contribution in [2.45, 2.75) is 24.3 Å². The van der Waals surface area contributed by atoms with E-state index in [2.05, 4.69) is 15.5 Å². The number of carbonyl (C=O) groups is 1. The van der Waals surface area contributed by atoms with Gasteiger partial charge in [0.15, 0.2) is 0 Å². The van der Waals surface area contributed by atoms with E-state index in [4.69, 9.17) is 0 Å². The Morgan fingerprint density at radius 2 is 2.11 bits per heavy atom. The number of H-pyrrole nitrogens is 1. The van der Waals surface area contributed by atoms with Crippen LogP contribution in [0.3, 0.4) is 0 Å². The maximum Gasteiger partial charge on any atom is 0.252 e. The highest BCUT2D eigenvalue weighted by molar-refractivity contribution is 7.89. The lowest BCUT2D eigenvalue weighted by Gasteiger charge is -2.38. The van der Waals surface area contributed by atoms with Crippen LogP contribution in [-0.4, -0.2) is 46.0 Å². The van der Waals surface area contributed by atoms with E-state index in [0.717, 1.165) is 5.56 Å². The first-order valence-electron chi connectivity index (χ1n) is 8.70. The van der Waals surface area contributed by atoms with Crippen LogP contribution in [0, 0.1) is 6.92 Å². The van der Waals surface area contributed by atoms with Crippen molar-refractivity contribution in [3.8, 4) is 0 Å². The summed E-state index contributed by atoms with van der Waals surface area (Å²) in [7, 11) is -2.28. The Bertz CT molecular complexity index is 1240. The number of aromatic amines is 1. The molecule has 10 heteroatoms. The van der Waals surface area contributed by atoms with Crippen molar-refractivity contribution in [1.82, 2.24) is 19.1 Å². The molecule has 2 N–H and O–H groups in total. The standard InChI is InChI=1S/C18H19N5O4S/c1-11-7-12-10-19-21-17(12)15(8-11)28(26,27)23-6-4-14(23)18(25)20-13-3-5-22(2)16(24)9-13/h3,5,7-10,14H,4,6H2,1-2H3,(H,19,21)(H,20,25)/t14-/m0/s1. The Hall–Kier alpha value is -2.98. The molecule has 1 aliphatic heterocycles. The van der Waals surface area contributed by atoms with Gasteiger partial charge in [0, 0.05) is 36.9 Å². The maximum absolute atomic E-state index is 13.2. The van der Waals surface area contributed by atoms with Crippen LogP contribution in [0.2, 0.25) is 0 Å². The quantitative estimate of drug-likeness (QED) is 0.676. The van der Waals surface area contributed by atoms with E-state index in [9.17, 15) is 18.0 Å². The molecule has 1 saturated heterocycles. The van der Waals surface area contributed by atoms with E-state index >= 15 is 0 Å². The van der Waals surface area contributed by atoms with Crippen LogP contribution in [0.5, 0.6) is 0 Å². The van der Waals surface area contributed by atoms with Crippen LogP contribution in [0.15, 0.2) is 46.3 Å². The predicted molar refractivity (Wildman–Crippen MR) is 103 cm³/mol. The molecule has 0 spiro atoms. The van der Waals surface area contributed by atoms with Gasteiger partial charge in [0.1, 0.15) is 10.9 Å². The van der Waals surface area contributed by atoms with Gasteiger partial charge in [0.25, 0.3) is 5.56 Å². The molecule has 0 saturated carbocycles. The van der Waals surface area contributed by atoms with E-state index in [-0.39, 0.29) is 17.0 Å². The number of fused-ring (bicyclic) bond motifs is 1. The number of amides is 1. The number of aryl methyl sites for hydroxylation is 2.